The second-order valence-electron chi connectivity index (χ2n) is 17.4. The van der Waals surface area contributed by atoms with Crippen LogP contribution in [0.4, 0.5) is 0 Å². The number of amides is 5. The Morgan fingerprint density at radius 3 is 2.19 bits per heavy atom. The van der Waals surface area contributed by atoms with Gasteiger partial charge in [0.05, 0.1) is 42.2 Å². The monoisotopic (exact) mass is 812 g/mol. The highest BCUT2D eigenvalue weighted by Gasteiger charge is 2.46. The van der Waals surface area contributed by atoms with Crippen LogP contribution in [0.3, 0.4) is 0 Å². The summed E-state index contributed by atoms with van der Waals surface area (Å²) in [5.41, 5.74) is 0.270. The molecule has 3 aliphatic heterocycles. The van der Waals surface area contributed by atoms with Crippen LogP contribution in [-0.2, 0) is 39.9 Å². The van der Waals surface area contributed by atoms with E-state index in [1.165, 1.54) is 0 Å². The van der Waals surface area contributed by atoms with Crippen LogP contribution in [0.25, 0.3) is 0 Å². The Bertz CT molecular complexity index is 1520. The topological polar surface area (TPSA) is 153 Å². The van der Waals surface area contributed by atoms with E-state index in [0.717, 1.165) is 37.8 Å². The maximum Gasteiger partial charge on any atom is 0.245 e. The van der Waals surface area contributed by atoms with Gasteiger partial charge in [-0.25, -0.2) is 0 Å². The first-order valence-corrected chi connectivity index (χ1v) is 21.6. The molecule has 0 radical (unpaired) electrons. The summed E-state index contributed by atoms with van der Waals surface area (Å²) in [4.78, 5) is 77.5. The van der Waals surface area contributed by atoms with E-state index in [1.807, 2.05) is 68.0 Å². The van der Waals surface area contributed by atoms with E-state index < -0.39 is 41.8 Å². The highest BCUT2D eigenvalue weighted by Crippen LogP contribution is 2.31. The Hall–Kier alpha value is -3.59. The molecule has 0 aliphatic carbocycles. The van der Waals surface area contributed by atoms with Crippen molar-refractivity contribution in [2.45, 2.75) is 128 Å². The molecule has 3 fully saturated rings. The highest BCUT2D eigenvalue weighted by molar-refractivity contribution is 5.92. The Morgan fingerprint density at radius 2 is 1.62 bits per heavy atom. The smallest absolute Gasteiger partial charge is 0.245 e. The molecule has 0 bridgehead atoms. The van der Waals surface area contributed by atoms with Gasteiger partial charge in [-0.3, -0.25) is 28.9 Å². The lowest BCUT2D eigenvalue weighted by Gasteiger charge is -2.41. The van der Waals surface area contributed by atoms with E-state index in [-0.39, 0.29) is 53.8 Å². The van der Waals surface area contributed by atoms with Gasteiger partial charge in [-0.15, -0.1) is 0 Å². The van der Waals surface area contributed by atoms with Gasteiger partial charge in [0.25, 0.3) is 0 Å². The van der Waals surface area contributed by atoms with Crippen molar-refractivity contribution in [1.82, 2.24) is 35.6 Å². The minimum atomic E-state index is -0.749. The van der Waals surface area contributed by atoms with Crippen LogP contribution in [0.5, 0.6) is 0 Å². The second-order valence-corrected chi connectivity index (χ2v) is 17.4. The number of hydrogen-bond acceptors (Lipinski definition) is 9. The predicted octanol–water partition coefficient (Wildman–Crippen LogP) is 2.69. The molecule has 58 heavy (non-hydrogen) atoms. The average Bonchev–Trinajstić information content (AvgIpc) is 3.85. The van der Waals surface area contributed by atoms with Gasteiger partial charge in [0, 0.05) is 60.4 Å². The molecule has 1 aromatic rings. The quantitative estimate of drug-likeness (QED) is 0.192. The van der Waals surface area contributed by atoms with Crippen LogP contribution in [0.15, 0.2) is 30.3 Å². The lowest BCUT2D eigenvalue weighted by molar-refractivity contribution is -0.148. The van der Waals surface area contributed by atoms with E-state index in [1.54, 1.807) is 38.0 Å². The van der Waals surface area contributed by atoms with Gasteiger partial charge in [0.15, 0.2) is 0 Å². The van der Waals surface area contributed by atoms with Crippen LogP contribution in [-0.4, -0.2) is 159 Å². The van der Waals surface area contributed by atoms with Gasteiger partial charge in [-0.05, 0) is 63.6 Å². The number of likely N-dealkylation sites (tertiary alicyclic amines) is 2. The Morgan fingerprint density at radius 1 is 0.948 bits per heavy atom. The number of benzene rings is 1. The molecule has 14 nitrogen and oxygen atoms in total. The van der Waals surface area contributed by atoms with Crippen molar-refractivity contribution in [2.24, 2.45) is 17.8 Å². The van der Waals surface area contributed by atoms with Crippen molar-refractivity contribution < 1.29 is 33.4 Å². The van der Waals surface area contributed by atoms with Crippen molar-refractivity contribution in [3.63, 3.8) is 0 Å². The zero-order chi connectivity index (χ0) is 42.7. The number of likely N-dealkylation sites (N-methyl/N-ethyl adjacent to an activating group) is 2. The number of methoxy groups -OCH3 is 2. The highest BCUT2D eigenvalue weighted by atomic mass is 16.5. The number of rotatable bonds is 19. The first-order valence-electron chi connectivity index (χ1n) is 21.6. The normalized spacial score (nSPS) is 23.7. The molecular formula is C44H73N7O7. The molecule has 0 saturated carbocycles. The van der Waals surface area contributed by atoms with Crippen LogP contribution in [0.2, 0.25) is 0 Å². The molecule has 0 aromatic heterocycles. The lowest BCUT2D eigenvalue weighted by atomic mass is 9.89. The van der Waals surface area contributed by atoms with E-state index in [4.69, 9.17) is 9.47 Å². The Kier molecular flexibility index (Phi) is 17.5. The van der Waals surface area contributed by atoms with Crippen molar-refractivity contribution in [3.05, 3.63) is 35.9 Å². The van der Waals surface area contributed by atoms with Gasteiger partial charge < -0.3 is 40.1 Å². The van der Waals surface area contributed by atoms with Gasteiger partial charge in [-0.2, -0.15) is 0 Å². The van der Waals surface area contributed by atoms with E-state index >= 15 is 0 Å². The predicted molar refractivity (Wildman–Crippen MR) is 225 cm³/mol. The SMILES string of the molecule is CCC(C)C(C(CC(=O)N1CCCC1C(OC)C(C)C(=O)NC(Cc1ccccc1)C(=O)N1CCNCC1)OC)N(C)C(=O)C(NC(=O)C1(C)CCCN1C)C(C)C. The molecule has 4 rings (SSSR count). The molecule has 9 atom stereocenters. The van der Waals surface area contributed by atoms with Crippen LogP contribution in [0.1, 0.15) is 85.6 Å². The zero-order valence-electron chi connectivity index (χ0n) is 36.9. The first-order chi connectivity index (χ1) is 27.6. The summed E-state index contributed by atoms with van der Waals surface area (Å²) in [6, 6.07) is 7.36. The van der Waals surface area contributed by atoms with Gasteiger partial charge in [0.2, 0.25) is 29.5 Å². The molecular weight excluding hydrogens is 739 g/mol. The molecule has 326 valence electrons. The van der Waals surface area contributed by atoms with Crippen molar-refractivity contribution in [2.75, 3.05) is 67.6 Å². The summed E-state index contributed by atoms with van der Waals surface area (Å²) < 4.78 is 12.1. The summed E-state index contributed by atoms with van der Waals surface area (Å²) in [7, 11) is 6.83. The largest absolute Gasteiger partial charge is 0.379 e. The molecule has 1 aromatic carbocycles. The standard InChI is InChI=1S/C44H73N7O7/c1-11-30(4)38(49(8)42(55)37(29(2)3)47-43(56)44(6)20-16-23-48(44)7)35(57-9)28-36(52)51-24-15-19-34(51)39(58-10)31(5)40(53)46-33(27-32-17-13-12-14-18-32)41(54)50-25-21-45-22-26-50/h12-14,17-18,29-31,33-35,37-39,45H,11,15-16,19-28H2,1-10H3,(H,46,53)(H,47,56). The summed E-state index contributed by atoms with van der Waals surface area (Å²) >= 11 is 0. The van der Waals surface area contributed by atoms with Crippen molar-refractivity contribution in [3.8, 4) is 0 Å². The molecule has 3 aliphatic rings. The molecule has 3 saturated heterocycles. The summed E-state index contributed by atoms with van der Waals surface area (Å²) in [5, 5.41) is 9.45. The fraction of sp³-hybridized carbons (Fsp3) is 0.750. The molecule has 5 amide bonds. The van der Waals surface area contributed by atoms with Crippen molar-refractivity contribution in [1.29, 1.82) is 0 Å². The summed E-state index contributed by atoms with van der Waals surface area (Å²) in [5.74, 6) is -1.78. The molecule has 3 heterocycles. The van der Waals surface area contributed by atoms with Gasteiger partial charge in [-0.1, -0.05) is 71.4 Å². The number of nitrogens with zero attached hydrogens (tertiary/aromatic N) is 4. The molecule has 9 unspecified atom stereocenters. The lowest BCUT2D eigenvalue weighted by Crippen LogP contribution is -2.61. The van der Waals surface area contributed by atoms with Gasteiger partial charge >= 0.3 is 0 Å². The average molecular weight is 812 g/mol. The minimum Gasteiger partial charge on any atom is -0.379 e. The Balaban J connectivity index is 1.48. The summed E-state index contributed by atoms with van der Waals surface area (Å²) in [6.45, 7) is 15.6. The summed E-state index contributed by atoms with van der Waals surface area (Å²) in [6.07, 6.45) is 2.93. The van der Waals surface area contributed by atoms with Crippen LogP contribution >= 0.6 is 0 Å². The zero-order valence-corrected chi connectivity index (χ0v) is 36.9. The van der Waals surface area contributed by atoms with E-state index in [2.05, 4.69) is 29.8 Å². The number of ether oxygens (including phenoxy) is 2. The fourth-order valence-corrected chi connectivity index (χ4v) is 9.18. The number of carbonyl (C=O) groups is 5. The fourth-order valence-electron chi connectivity index (χ4n) is 9.18. The Labute approximate surface area is 347 Å². The molecule has 3 N–H and O–H groups in total. The van der Waals surface area contributed by atoms with E-state index in [0.29, 0.717) is 45.6 Å². The number of nitrogens with one attached hydrogen (secondary N) is 3. The third-order valence-corrected chi connectivity index (χ3v) is 13.3. The number of piperazine rings is 1. The van der Waals surface area contributed by atoms with Crippen LogP contribution in [0, 0.1) is 17.8 Å². The second kappa shape index (κ2) is 21.6. The number of hydrogen-bond donors (Lipinski definition) is 3. The van der Waals surface area contributed by atoms with Crippen molar-refractivity contribution >= 4 is 29.5 Å². The van der Waals surface area contributed by atoms with E-state index in [9.17, 15) is 24.0 Å². The molecule has 0 spiro atoms. The molecule has 14 heteroatoms. The minimum absolute atomic E-state index is 0.0220. The maximum absolute atomic E-state index is 14.4. The third kappa shape index (κ3) is 11.2. The van der Waals surface area contributed by atoms with Gasteiger partial charge in [0.1, 0.15) is 12.1 Å². The van der Waals surface area contributed by atoms with Crippen LogP contribution < -0.4 is 16.0 Å². The third-order valence-electron chi connectivity index (χ3n) is 13.3. The first kappa shape index (κ1) is 47.1. The maximum atomic E-state index is 14.4. The number of carbonyl (C=O) groups excluding carboxylic acids is 5.